The zero-order valence-corrected chi connectivity index (χ0v) is 16.8. The number of sulfone groups is 1. The van der Waals surface area contributed by atoms with Crippen molar-refractivity contribution < 1.29 is 17.6 Å². The van der Waals surface area contributed by atoms with E-state index >= 15 is 0 Å². The van der Waals surface area contributed by atoms with E-state index < -0.39 is 9.84 Å². The number of likely N-dealkylation sites (N-methyl/N-ethyl adjacent to an activating group) is 2. The second-order valence-corrected chi connectivity index (χ2v) is 8.79. The molecule has 0 aliphatic heterocycles. The van der Waals surface area contributed by atoms with Gasteiger partial charge < -0.3 is 4.90 Å². The second kappa shape index (κ2) is 8.63. The first-order valence-corrected chi connectivity index (χ1v) is 10.5. The molecular formula is C20H25FN2O3S. The molecule has 0 saturated heterocycles. The number of amides is 1. The SMILES string of the molecule is C[C@@H](c1ccc(S(C)(=O)=O)cc1)N(C)CC(=O)N(C)Cc1ccccc1F. The molecule has 0 aliphatic rings. The molecule has 0 N–H and O–H groups in total. The summed E-state index contributed by atoms with van der Waals surface area (Å²) in [4.78, 5) is 16.1. The molecule has 2 aromatic carbocycles. The zero-order valence-electron chi connectivity index (χ0n) is 16.0. The molecule has 7 heteroatoms. The van der Waals surface area contributed by atoms with Crippen LogP contribution in [0.1, 0.15) is 24.1 Å². The Kier molecular flexibility index (Phi) is 6.73. The van der Waals surface area contributed by atoms with E-state index in [0.717, 1.165) is 5.56 Å². The normalized spacial score (nSPS) is 12.8. The third kappa shape index (κ3) is 5.61. The highest BCUT2D eigenvalue weighted by Gasteiger charge is 2.19. The van der Waals surface area contributed by atoms with Gasteiger partial charge in [-0.05, 0) is 37.7 Å². The summed E-state index contributed by atoms with van der Waals surface area (Å²) in [6.45, 7) is 2.32. The fourth-order valence-corrected chi connectivity index (χ4v) is 3.32. The molecule has 0 unspecified atom stereocenters. The summed E-state index contributed by atoms with van der Waals surface area (Å²) in [6.07, 6.45) is 1.17. The predicted molar refractivity (Wildman–Crippen MR) is 103 cm³/mol. The Morgan fingerprint density at radius 2 is 1.67 bits per heavy atom. The van der Waals surface area contributed by atoms with Crippen molar-refractivity contribution in [3.63, 3.8) is 0 Å². The van der Waals surface area contributed by atoms with Gasteiger partial charge >= 0.3 is 0 Å². The molecule has 5 nitrogen and oxygen atoms in total. The van der Waals surface area contributed by atoms with E-state index in [9.17, 15) is 17.6 Å². The van der Waals surface area contributed by atoms with Gasteiger partial charge in [0.15, 0.2) is 9.84 Å². The lowest BCUT2D eigenvalue weighted by Crippen LogP contribution is -2.37. The Balaban J connectivity index is 1.99. The molecule has 0 fully saturated rings. The van der Waals surface area contributed by atoms with Gasteiger partial charge in [0.1, 0.15) is 5.82 Å². The van der Waals surface area contributed by atoms with Crippen molar-refractivity contribution in [2.45, 2.75) is 24.4 Å². The number of hydrogen-bond donors (Lipinski definition) is 0. The van der Waals surface area contributed by atoms with Crippen molar-refractivity contribution in [2.24, 2.45) is 0 Å². The molecule has 0 bridgehead atoms. The Bertz CT molecular complexity index is 898. The number of halogens is 1. The van der Waals surface area contributed by atoms with Crippen LogP contribution in [0.15, 0.2) is 53.4 Å². The number of carbonyl (C=O) groups is 1. The van der Waals surface area contributed by atoms with Crippen LogP contribution < -0.4 is 0 Å². The van der Waals surface area contributed by atoms with Gasteiger partial charge in [-0.2, -0.15) is 0 Å². The van der Waals surface area contributed by atoms with E-state index in [2.05, 4.69) is 0 Å². The quantitative estimate of drug-likeness (QED) is 0.727. The zero-order chi connectivity index (χ0) is 20.2. The monoisotopic (exact) mass is 392 g/mol. The molecule has 1 amide bonds. The standard InChI is InChI=1S/C20H25FN2O3S/c1-15(16-9-11-18(12-10-16)27(4,25)26)22(2)14-20(24)23(3)13-17-7-5-6-8-19(17)21/h5-12,15H,13-14H2,1-4H3/t15-/m0/s1. The summed E-state index contributed by atoms with van der Waals surface area (Å²) < 4.78 is 36.9. The first-order chi connectivity index (χ1) is 12.6. The van der Waals surface area contributed by atoms with Gasteiger partial charge in [-0.3, -0.25) is 9.69 Å². The largest absolute Gasteiger partial charge is 0.340 e. The van der Waals surface area contributed by atoms with Crippen LogP contribution >= 0.6 is 0 Å². The summed E-state index contributed by atoms with van der Waals surface area (Å²) in [7, 11) is 0.236. The van der Waals surface area contributed by atoms with Gasteiger partial charge in [0, 0.05) is 31.5 Å². The lowest BCUT2D eigenvalue weighted by atomic mass is 10.1. The molecule has 2 rings (SSSR count). The minimum atomic E-state index is -3.23. The van der Waals surface area contributed by atoms with E-state index in [1.165, 1.54) is 17.2 Å². The van der Waals surface area contributed by atoms with E-state index in [1.54, 1.807) is 49.5 Å². The van der Waals surface area contributed by atoms with Gasteiger partial charge in [-0.1, -0.05) is 30.3 Å². The number of carbonyl (C=O) groups excluding carboxylic acids is 1. The van der Waals surface area contributed by atoms with Crippen LogP contribution in [0.5, 0.6) is 0 Å². The molecule has 27 heavy (non-hydrogen) atoms. The van der Waals surface area contributed by atoms with Gasteiger partial charge in [-0.15, -0.1) is 0 Å². The third-order valence-corrected chi connectivity index (χ3v) is 5.76. The van der Waals surface area contributed by atoms with Crippen molar-refractivity contribution in [3.05, 3.63) is 65.5 Å². The smallest absolute Gasteiger partial charge is 0.236 e. The highest BCUT2D eigenvalue weighted by Crippen LogP contribution is 2.21. The van der Waals surface area contributed by atoms with Crippen molar-refractivity contribution in [3.8, 4) is 0 Å². The van der Waals surface area contributed by atoms with Crippen LogP contribution in [0.3, 0.4) is 0 Å². The van der Waals surface area contributed by atoms with E-state index in [4.69, 9.17) is 0 Å². The molecule has 0 spiro atoms. The van der Waals surface area contributed by atoms with Crippen molar-refractivity contribution in [1.29, 1.82) is 0 Å². The van der Waals surface area contributed by atoms with Crippen LogP contribution in [0.4, 0.5) is 4.39 Å². The maximum atomic E-state index is 13.8. The highest BCUT2D eigenvalue weighted by atomic mass is 32.2. The fourth-order valence-electron chi connectivity index (χ4n) is 2.69. The average molecular weight is 392 g/mol. The summed E-state index contributed by atoms with van der Waals surface area (Å²) in [5.74, 6) is -0.454. The molecule has 1 atom stereocenters. The molecule has 2 aromatic rings. The molecule has 0 aromatic heterocycles. The van der Waals surface area contributed by atoms with Gasteiger partial charge in [-0.25, -0.2) is 12.8 Å². The van der Waals surface area contributed by atoms with Crippen LogP contribution in [-0.4, -0.2) is 51.0 Å². The van der Waals surface area contributed by atoms with Crippen molar-refractivity contribution in [2.75, 3.05) is 26.9 Å². The Morgan fingerprint density at radius 1 is 1.07 bits per heavy atom. The first kappa shape index (κ1) is 21.1. The van der Waals surface area contributed by atoms with Gasteiger partial charge in [0.2, 0.25) is 5.91 Å². The maximum absolute atomic E-state index is 13.8. The number of nitrogens with zero attached hydrogens (tertiary/aromatic N) is 2. The van der Waals surface area contributed by atoms with Crippen molar-refractivity contribution in [1.82, 2.24) is 9.80 Å². The Morgan fingerprint density at radius 3 is 2.22 bits per heavy atom. The predicted octanol–water partition coefficient (Wildman–Crippen LogP) is 2.88. The average Bonchev–Trinajstić information content (AvgIpc) is 2.62. The molecule has 0 radical (unpaired) electrons. The minimum Gasteiger partial charge on any atom is -0.340 e. The summed E-state index contributed by atoms with van der Waals surface area (Å²) in [5.41, 5.74) is 1.38. The van der Waals surface area contributed by atoms with Gasteiger partial charge in [0.05, 0.1) is 11.4 Å². The first-order valence-electron chi connectivity index (χ1n) is 8.57. The second-order valence-electron chi connectivity index (χ2n) is 6.77. The lowest BCUT2D eigenvalue weighted by molar-refractivity contribution is -0.131. The summed E-state index contributed by atoms with van der Waals surface area (Å²) in [5, 5.41) is 0. The molecule has 0 aliphatic carbocycles. The van der Waals surface area contributed by atoms with Crippen LogP contribution in [-0.2, 0) is 21.2 Å². The summed E-state index contributed by atoms with van der Waals surface area (Å²) >= 11 is 0. The molecule has 0 saturated carbocycles. The molecule has 0 heterocycles. The maximum Gasteiger partial charge on any atom is 0.236 e. The van der Waals surface area contributed by atoms with Crippen LogP contribution in [0.25, 0.3) is 0 Å². The molecular weight excluding hydrogens is 367 g/mol. The Labute approximate surface area is 160 Å². The third-order valence-electron chi connectivity index (χ3n) is 4.63. The highest BCUT2D eigenvalue weighted by molar-refractivity contribution is 7.90. The summed E-state index contributed by atoms with van der Waals surface area (Å²) in [6, 6.07) is 13.0. The number of hydrogen-bond acceptors (Lipinski definition) is 4. The van der Waals surface area contributed by atoms with Crippen molar-refractivity contribution >= 4 is 15.7 Å². The molecule has 146 valence electrons. The van der Waals surface area contributed by atoms with Crippen LogP contribution in [0, 0.1) is 5.82 Å². The number of rotatable bonds is 7. The Hall–Kier alpha value is -2.25. The van der Waals surface area contributed by atoms with Crippen LogP contribution in [0.2, 0.25) is 0 Å². The van der Waals surface area contributed by atoms with E-state index in [-0.39, 0.29) is 35.8 Å². The topological polar surface area (TPSA) is 57.7 Å². The van der Waals surface area contributed by atoms with E-state index in [1.807, 2.05) is 18.9 Å². The number of benzene rings is 2. The van der Waals surface area contributed by atoms with E-state index in [0.29, 0.717) is 5.56 Å². The fraction of sp³-hybridized carbons (Fsp3) is 0.350. The minimum absolute atomic E-state index is 0.0792. The lowest BCUT2D eigenvalue weighted by Gasteiger charge is -2.27. The van der Waals surface area contributed by atoms with Gasteiger partial charge in [0.25, 0.3) is 0 Å².